The number of carbonyl (C=O) groups excluding carboxylic acids is 2. The highest BCUT2D eigenvalue weighted by molar-refractivity contribution is 5.96. The molecule has 0 aliphatic heterocycles. The summed E-state index contributed by atoms with van der Waals surface area (Å²) in [5.41, 5.74) is 1.71. The normalized spacial score (nSPS) is 13.1. The zero-order chi connectivity index (χ0) is 19.3. The summed E-state index contributed by atoms with van der Waals surface area (Å²) >= 11 is 0. The summed E-state index contributed by atoms with van der Waals surface area (Å²) in [6.45, 7) is 7.44. The van der Waals surface area contributed by atoms with Gasteiger partial charge in [0.05, 0.1) is 18.7 Å². The lowest BCUT2D eigenvalue weighted by Crippen LogP contribution is -2.47. The quantitative estimate of drug-likeness (QED) is 0.744. The van der Waals surface area contributed by atoms with Crippen LogP contribution in [0.4, 0.5) is 0 Å². The molecule has 2 rings (SSSR count). The minimum absolute atomic E-state index is 0.170. The zero-order valence-corrected chi connectivity index (χ0v) is 15.7. The molecule has 2 aromatic rings. The summed E-state index contributed by atoms with van der Waals surface area (Å²) in [6, 6.07) is 11.8. The minimum Gasteiger partial charge on any atom is -0.464 e. The van der Waals surface area contributed by atoms with Crippen molar-refractivity contribution >= 4 is 11.9 Å². The third-order valence-corrected chi connectivity index (χ3v) is 4.31. The summed E-state index contributed by atoms with van der Waals surface area (Å²) < 4.78 is 6.88. The van der Waals surface area contributed by atoms with E-state index in [4.69, 9.17) is 4.74 Å². The molecule has 0 unspecified atom stereocenters. The molecule has 1 aromatic carbocycles. The van der Waals surface area contributed by atoms with Gasteiger partial charge in [-0.2, -0.15) is 0 Å². The van der Waals surface area contributed by atoms with Gasteiger partial charge in [0.25, 0.3) is 5.91 Å². The van der Waals surface area contributed by atoms with Gasteiger partial charge >= 0.3 is 5.97 Å². The van der Waals surface area contributed by atoms with E-state index in [1.165, 1.54) is 6.92 Å². The number of rotatable bonds is 7. The Morgan fingerprint density at radius 3 is 2.50 bits per heavy atom. The van der Waals surface area contributed by atoms with Gasteiger partial charge in [-0.15, -0.1) is 0 Å². The molecular weight excluding hydrogens is 332 g/mol. The first-order valence-corrected chi connectivity index (χ1v) is 8.64. The van der Waals surface area contributed by atoms with Gasteiger partial charge in [-0.3, -0.25) is 4.79 Å². The first-order valence-electron chi connectivity index (χ1n) is 8.64. The summed E-state index contributed by atoms with van der Waals surface area (Å²) in [5.74, 6) is -1.09. The fourth-order valence-corrected chi connectivity index (χ4v) is 2.75. The number of esters is 1. The van der Waals surface area contributed by atoms with Crippen LogP contribution in [-0.2, 0) is 16.1 Å². The third-order valence-electron chi connectivity index (χ3n) is 4.31. The number of amides is 1. The zero-order valence-electron chi connectivity index (χ0n) is 15.7. The minimum atomic E-state index is -1.76. The number of aliphatic hydroxyl groups is 1. The number of benzene rings is 1. The van der Waals surface area contributed by atoms with Crippen molar-refractivity contribution < 1.29 is 19.4 Å². The van der Waals surface area contributed by atoms with Crippen molar-refractivity contribution in [2.24, 2.45) is 0 Å². The Hall–Kier alpha value is -2.60. The van der Waals surface area contributed by atoms with E-state index >= 15 is 0 Å². The topological polar surface area (TPSA) is 80.6 Å². The molecule has 0 saturated heterocycles. The van der Waals surface area contributed by atoms with Crippen LogP contribution in [0.1, 0.15) is 41.2 Å². The smallest absolute Gasteiger partial charge is 0.339 e. The number of nitrogens with one attached hydrogen (secondary N) is 1. The summed E-state index contributed by atoms with van der Waals surface area (Å²) in [5, 5.41) is 12.8. The van der Waals surface area contributed by atoms with E-state index in [0.29, 0.717) is 12.1 Å². The van der Waals surface area contributed by atoms with Crippen molar-refractivity contribution in [3.63, 3.8) is 0 Å². The summed E-state index contributed by atoms with van der Waals surface area (Å²) in [4.78, 5) is 24.2. The van der Waals surface area contributed by atoms with Crippen LogP contribution in [0, 0.1) is 13.8 Å². The molecule has 1 atom stereocenters. The molecule has 0 saturated carbocycles. The summed E-state index contributed by atoms with van der Waals surface area (Å²) in [7, 11) is 0. The van der Waals surface area contributed by atoms with Gasteiger partial charge < -0.3 is 19.7 Å². The number of nitrogens with zero attached hydrogens (tertiary/aromatic N) is 1. The van der Waals surface area contributed by atoms with E-state index in [2.05, 4.69) is 9.88 Å². The molecule has 0 radical (unpaired) electrons. The number of hydrogen-bond donors (Lipinski definition) is 2. The maximum absolute atomic E-state index is 12.5. The van der Waals surface area contributed by atoms with Crippen LogP contribution in [-0.4, -0.2) is 40.3 Å². The molecular formula is C20H26N2O4. The van der Waals surface area contributed by atoms with E-state index in [-0.39, 0.29) is 19.1 Å². The van der Waals surface area contributed by atoms with E-state index < -0.39 is 11.6 Å². The van der Waals surface area contributed by atoms with E-state index in [0.717, 1.165) is 17.0 Å². The highest BCUT2D eigenvalue weighted by Crippen LogP contribution is 2.17. The fourth-order valence-electron chi connectivity index (χ4n) is 2.75. The monoisotopic (exact) mass is 358 g/mol. The lowest BCUT2D eigenvalue weighted by atomic mass is 10.1. The van der Waals surface area contributed by atoms with Gasteiger partial charge in [0.1, 0.15) is 0 Å². The molecule has 26 heavy (non-hydrogen) atoms. The lowest BCUT2D eigenvalue weighted by Gasteiger charge is -2.21. The van der Waals surface area contributed by atoms with Gasteiger partial charge in [0, 0.05) is 17.9 Å². The Labute approximate surface area is 153 Å². The highest BCUT2D eigenvalue weighted by Gasteiger charge is 2.32. The number of aromatic nitrogens is 1. The van der Waals surface area contributed by atoms with Gasteiger partial charge in [-0.05, 0) is 39.3 Å². The predicted octanol–water partition coefficient (Wildman–Crippen LogP) is 2.20. The molecule has 0 aliphatic carbocycles. The fraction of sp³-hybridized carbons (Fsp3) is 0.400. The van der Waals surface area contributed by atoms with Crippen LogP contribution in [0.3, 0.4) is 0 Å². The highest BCUT2D eigenvalue weighted by atomic mass is 16.5. The largest absolute Gasteiger partial charge is 0.464 e. The molecule has 0 spiro atoms. The lowest BCUT2D eigenvalue weighted by molar-refractivity contribution is -0.162. The molecule has 1 amide bonds. The SMILES string of the molecule is CCOC(=O)[C@](C)(O)CNC(=O)c1cc(C)n(Cc2ccccc2)c1C. The van der Waals surface area contributed by atoms with Crippen molar-refractivity contribution in [2.75, 3.05) is 13.2 Å². The Bertz CT molecular complexity index is 779. The van der Waals surface area contributed by atoms with Gasteiger partial charge in [-0.1, -0.05) is 30.3 Å². The van der Waals surface area contributed by atoms with Crippen LogP contribution in [0.5, 0.6) is 0 Å². The molecule has 2 N–H and O–H groups in total. The molecule has 1 heterocycles. The van der Waals surface area contributed by atoms with Crippen molar-refractivity contribution in [3.8, 4) is 0 Å². The molecule has 0 bridgehead atoms. The third kappa shape index (κ3) is 4.52. The summed E-state index contributed by atoms with van der Waals surface area (Å²) in [6.07, 6.45) is 0. The van der Waals surface area contributed by atoms with E-state index in [1.807, 2.05) is 50.2 Å². The van der Waals surface area contributed by atoms with Crippen molar-refractivity contribution in [1.29, 1.82) is 0 Å². The van der Waals surface area contributed by atoms with Crippen LogP contribution < -0.4 is 5.32 Å². The molecule has 6 nitrogen and oxygen atoms in total. The Kier molecular flexibility index (Phi) is 6.21. The maximum Gasteiger partial charge on any atom is 0.339 e. The van der Waals surface area contributed by atoms with Crippen molar-refractivity contribution in [3.05, 3.63) is 58.9 Å². The van der Waals surface area contributed by atoms with Crippen molar-refractivity contribution in [1.82, 2.24) is 9.88 Å². The number of hydrogen-bond acceptors (Lipinski definition) is 4. The Morgan fingerprint density at radius 2 is 1.88 bits per heavy atom. The standard InChI is InChI=1S/C20H26N2O4/c1-5-26-19(24)20(4,25)13-21-18(23)17-11-14(2)22(15(17)3)12-16-9-7-6-8-10-16/h6-11,25H,5,12-13H2,1-4H3,(H,21,23)/t20-/m1/s1. The van der Waals surface area contributed by atoms with E-state index in [9.17, 15) is 14.7 Å². The molecule has 1 aromatic heterocycles. The van der Waals surface area contributed by atoms with Gasteiger partial charge in [-0.25, -0.2) is 4.79 Å². The van der Waals surface area contributed by atoms with Crippen LogP contribution >= 0.6 is 0 Å². The van der Waals surface area contributed by atoms with Crippen LogP contribution in [0.2, 0.25) is 0 Å². The second kappa shape index (κ2) is 8.19. The number of carbonyl (C=O) groups is 2. The molecule has 140 valence electrons. The van der Waals surface area contributed by atoms with Crippen molar-refractivity contribution in [2.45, 2.75) is 39.8 Å². The first-order chi connectivity index (χ1) is 12.3. The molecule has 0 aliphatic rings. The molecule has 6 heteroatoms. The average molecular weight is 358 g/mol. The second-order valence-electron chi connectivity index (χ2n) is 6.53. The Balaban J connectivity index is 2.10. The molecule has 0 fully saturated rings. The predicted molar refractivity (Wildman–Crippen MR) is 99.0 cm³/mol. The number of ether oxygens (including phenoxy) is 1. The van der Waals surface area contributed by atoms with E-state index in [1.54, 1.807) is 6.92 Å². The van der Waals surface area contributed by atoms with Gasteiger partial charge in [0.2, 0.25) is 0 Å². The first kappa shape index (κ1) is 19.7. The maximum atomic E-state index is 12.5. The second-order valence-corrected chi connectivity index (χ2v) is 6.53. The van der Waals surface area contributed by atoms with Crippen LogP contribution in [0.25, 0.3) is 0 Å². The number of aryl methyl sites for hydroxylation is 1. The van der Waals surface area contributed by atoms with Crippen LogP contribution in [0.15, 0.2) is 36.4 Å². The average Bonchev–Trinajstić information content (AvgIpc) is 2.89. The van der Waals surface area contributed by atoms with Gasteiger partial charge in [0.15, 0.2) is 5.60 Å². The Morgan fingerprint density at radius 1 is 1.23 bits per heavy atom.